The van der Waals surface area contributed by atoms with E-state index in [0.29, 0.717) is 12.2 Å². The third-order valence-corrected chi connectivity index (χ3v) is 5.92. The number of halogens is 2. The third kappa shape index (κ3) is 5.27. The van der Waals surface area contributed by atoms with Crippen molar-refractivity contribution in [1.29, 1.82) is 0 Å². The minimum absolute atomic E-state index is 0.0889. The Morgan fingerprint density at radius 2 is 1.91 bits per heavy atom. The summed E-state index contributed by atoms with van der Waals surface area (Å²) in [6, 6.07) is 8.93. The average Bonchev–Trinajstić information content (AvgIpc) is 3.43. The summed E-state index contributed by atoms with van der Waals surface area (Å²) in [6.07, 6.45) is 1.53. The Morgan fingerprint density at radius 3 is 2.60 bits per heavy atom. The molecule has 1 fully saturated rings. The van der Waals surface area contributed by atoms with E-state index in [2.05, 4.69) is 4.74 Å². The molecule has 2 aliphatic heterocycles. The molecular formula is C25H26F2N2O6. The molecule has 0 N–H and O–H groups in total. The second kappa shape index (κ2) is 10.4. The van der Waals surface area contributed by atoms with E-state index in [4.69, 9.17) is 9.47 Å². The molecule has 10 heteroatoms. The number of ether oxygens (including phenoxy) is 3. The highest BCUT2D eigenvalue weighted by Gasteiger charge is 2.38. The number of carbonyl (C=O) groups is 3. The van der Waals surface area contributed by atoms with Gasteiger partial charge in [0.05, 0.1) is 30.4 Å². The summed E-state index contributed by atoms with van der Waals surface area (Å²) in [4.78, 5) is 41.3. The molecule has 0 radical (unpaired) electrons. The van der Waals surface area contributed by atoms with E-state index in [1.807, 2.05) is 0 Å². The predicted molar refractivity (Wildman–Crippen MR) is 121 cm³/mol. The minimum atomic E-state index is -2.99. The summed E-state index contributed by atoms with van der Waals surface area (Å²) in [7, 11) is 1.58. The summed E-state index contributed by atoms with van der Waals surface area (Å²) in [5, 5.41) is 0. The van der Waals surface area contributed by atoms with Gasteiger partial charge in [-0.15, -0.1) is 0 Å². The Morgan fingerprint density at radius 1 is 1.14 bits per heavy atom. The molecule has 1 atom stereocenters. The lowest BCUT2D eigenvalue weighted by atomic mass is 10.0. The smallest absolute Gasteiger partial charge is 0.387 e. The van der Waals surface area contributed by atoms with Gasteiger partial charge in [0, 0.05) is 25.8 Å². The van der Waals surface area contributed by atoms with Crippen LogP contribution in [0.3, 0.4) is 0 Å². The first-order valence-corrected chi connectivity index (χ1v) is 11.4. The Labute approximate surface area is 201 Å². The van der Waals surface area contributed by atoms with Crippen LogP contribution >= 0.6 is 0 Å². The molecular weight excluding hydrogens is 462 g/mol. The van der Waals surface area contributed by atoms with Crippen molar-refractivity contribution in [3.63, 3.8) is 0 Å². The fourth-order valence-corrected chi connectivity index (χ4v) is 4.26. The Balaban J connectivity index is 1.48. The zero-order valence-corrected chi connectivity index (χ0v) is 19.5. The summed E-state index contributed by atoms with van der Waals surface area (Å²) < 4.78 is 40.7. The lowest BCUT2D eigenvalue weighted by Crippen LogP contribution is -2.36. The van der Waals surface area contributed by atoms with Gasteiger partial charge in [-0.05, 0) is 55.7 Å². The first-order valence-electron chi connectivity index (χ1n) is 11.4. The van der Waals surface area contributed by atoms with Gasteiger partial charge in [0.2, 0.25) is 0 Å². The number of amides is 3. The molecule has 0 spiro atoms. The van der Waals surface area contributed by atoms with Crippen LogP contribution in [0.25, 0.3) is 0 Å². The van der Waals surface area contributed by atoms with Gasteiger partial charge >= 0.3 is 6.61 Å². The van der Waals surface area contributed by atoms with Gasteiger partial charge in [-0.25, -0.2) is 0 Å². The zero-order chi connectivity index (χ0) is 25.1. The molecule has 2 aromatic carbocycles. The van der Waals surface area contributed by atoms with Crippen LogP contribution in [0.5, 0.6) is 11.5 Å². The number of alkyl halides is 2. The molecule has 1 saturated heterocycles. The van der Waals surface area contributed by atoms with E-state index >= 15 is 0 Å². The molecule has 0 bridgehead atoms. The number of hydrogen-bond acceptors (Lipinski definition) is 6. The van der Waals surface area contributed by atoms with Crippen LogP contribution in [0.4, 0.5) is 8.78 Å². The highest BCUT2D eigenvalue weighted by molar-refractivity contribution is 6.22. The van der Waals surface area contributed by atoms with Crippen molar-refractivity contribution in [2.75, 3.05) is 26.8 Å². The lowest BCUT2D eigenvalue weighted by Gasteiger charge is -2.19. The first kappa shape index (κ1) is 24.6. The molecule has 0 saturated carbocycles. The van der Waals surface area contributed by atoms with Crippen molar-refractivity contribution in [2.24, 2.45) is 0 Å². The highest BCUT2D eigenvalue weighted by Crippen LogP contribution is 2.31. The normalized spacial score (nSPS) is 17.2. The number of hydrogen-bond donors (Lipinski definition) is 0. The summed E-state index contributed by atoms with van der Waals surface area (Å²) in [6.45, 7) is -0.0427. The molecule has 2 aromatic rings. The van der Waals surface area contributed by atoms with E-state index in [1.54, 1.807) is 26.1 Å². The summed E-state index contributed by atoms with van der Waals surface area (Å²) in [5.41, 5.74) is 1.36. The molecule has 0 aliphatic carbocycles. The van der Waals surface area contributed by atoms with Crippen LogP contribution in [0.1, 0.15) is 56.4 Å². The van der Waals surface area contributed by atoms with Crippen LogP contribution in [-0.4, -0.2) is 67.0 Å². The predicted octanol–water partition coefficient (Wildman–Crippen LogP) is 3.73. The van der Waals surface area contributed by atoms with E-state index in [1.165, 1.54) is 34.1 Å². The van der Waals surface area contributed by atoms with E-state index in [9.17, 15) is 23.2 Å². The van der Waals surface area contributed by atoms with Gasteiger partial charge in [0.15, 0.2) is 11.5 Å². The van der Waals surface area contributed by atoms with Crippen LogP contribution in [0.15, 0.2) is 36.4 Å². The van der Waals surface area contributed by atoms with Crippen molar-refractivity contribution in [3.05, 3.63) is 58.7 Å². The van der Waals surface area contributed by atoms with Gasteiger partial charge in [0.1, 0.15) is 0 Å². The van der Waals surface area contributed by atoms with Gasteiger partial charge in [0.25, 0.3) is 17.7 Å². The molecule has 186 valence electrons. The topological polar surface area (TPSA) is 85.4 Å². The molecule has 3 amide bonds. The number of imide groups is 1. The monoisotopic (exact) mass is 488 g/mol. The van der Waals surface area contributed by atoms with E-state index < -0.39 is 12.5 Å². The molecule has 2 aliphatic rings. The highest BCUT2D eigenvalue weighted by atomic mass is 19.3. The third-order valence-electron chi connectivity index (χ3n) is 5.92. The van der Waals surface area contributed by atoms with E-state index in [-0.39, 0.29) is 65.8 Å². The quantitative estimate of drug-likeness (QED) is 0.500. The van der Waals surface area contributed by atoms with Crippen molar-refractivity contribution in [2.45, 2.75) is 39.0 Å². The van der Waals surface area contributed by atoms with Gasteiger partial charge in [-0.1, -0.05) is 6.07 Å². The standard InChI is InChI=1S/C25H26F2N2O6/c1-3-33-21-11-15(6-9-20(21)35-25(26)27)13-28(2)22(30)16-7-8-18-19(12-16)24(32)29(23(18)31)14-17-5-4-10-34-17/h6-9,11-12,17,25H,3-5,10,13-14H2,1-2H3. The van der Waals surface area contributed by atoms with Crippen molar-refractivity contribution in [3.8, 4) is 11.5 Å². The SMILES string of the molecule is CCOc1cc(CN(C)C(=O)c2ccc3c(c2)C(=O)N(CC2CCCO2)C3=O)ccc1OC(F)F. The Bertz CT molecular complexity index is 1130. The maximum absolute atomic E-state index is 13.1. The van der Waals surface area contributed by atoms with Crippen LogP contribution in [0, 0.1) is 0 Å². The van der Waals surface area contributed by atoms with Crippen molar-refractivity contribution in [1.82, 2.24) is 9.80 Å². The van der Waals surface area contributed by atoms with Crippen LogP contribution < -0.4 is 9.47 Å². The molecule has 4 rings (SSSR count). The number of nitrogens with zero attached hydrogens (tertiary/aromatic N) is 2. The first-order chi connectivity index (χ1) is 16.8. The maximum Gasteiger partial charge on any atom is 0.387 e. The molecule has 1 unspecified atom stereocenters. The summed E-state index contributed by atoms with van der Waals surface area (Å²) >= 11 is 0. The number of rotatable bonds is 9. The number of fused-ring (bicyclic) bond motifs is 1. The molecule has 35 heavy (non-hydrogen) atoms. The zero-order valence-electron chi connectivity index (χ0n) is 19.5. The van der Waals surface area contributed by atoms with Gasteiger partial charge in [-0.3, -0.25) is 19.3 Å². The molecule has 8 nitrogen and oxygen atoms in total. The Hall–Kier alpha value is -3.53. The fourth-order valence-electron chi connectivity index (χ4n) is 4.26. The second-order valence-electron chi connectivity index (χ2n) is 8.37. The van der Waals surface area contributed by atoms with Crippen molar-refractivity contribution >= 4 is 17.7 Å². The number of carbonyl (C=O) groups excluding carboxylic acids is 3. The second-order valence-corrected chi connectivity index (χ2v) is 8.37. The van der Waals surface area contributed by atoms with Crippen LogP contribution in [0.2, 0.25) is 0 Å². The lowest BCUT2D eigenvalue weighted by molar-refractivity contribution is -0.0514. The fraction of sp³-hybridized carbons (Fsp3) is 0.400. The van der Waals surface area contributed by atoms with E-state index in [0.717, 1.165) is 12.8 Å². The molecule has 2 heterocycles. The van der Waals surface area contributed by atoms with Gasteiger partial charge < -0.3 is 19.1 Å². The largest absolute Gasteiger partial charge is 0.490 e. The van der Waals surface area contributed by atoms with Gasteiger partial charge in [-0.2, -0.15) is 8.78 Å². The minimum Gasteiger partial charge on any atom is -0.490 e. The summed E-state index contributed by atoms with van der Waals surface area (Å²) in [5.74, 6) is -1.12. The molecule has 0 aromatic heterocycles. The van der Waals surface area contributed by atoms with Crippen LogP contribution in [-0.2, 0) is 11.3 Å². The van der Waals surface area contributed by atoms with Crippen molar-refractivity contribution < 1.29 is 37.4 Å². The number of benzene rings is 2. The average molecular weight is 488 g/mol. The maximum atomic E-state index is 13.1. The Kier molecular flexibility index (Phi) is 7.30.